The first kappa shape index (κ1) is 19.0. The van der Waals surface area contributed by atoms with Crippen LogP contribution in [0.25, 0.3) is 11.2 Å². The van der Waals surface area contributed by atoms with E-state index in [0.29, 0.717) is 5.69 Å². The van der Waals surface area contributed by atoms with Gasteiger partial charge in [0.2, 0.25) is 0 Å². The largest absolute Gasteiger partial charge is 0.458 e. The van der Waals surface area contributed by atoms with Crippen LogP contribution in [0.3, 0.4) is 0 Å². The van der Waals surface area contributed by atoms with E-state index >= 15 is 0 Å². The number of morpholine rings is 1. The fraction of sp³-hybridized carbons (Fsp3) is 0.450. The van der Waals surface area contributed by atoms with Crippen LogP contribution in [-0.2, 0) is 9.47 Å². The van der Waals surface area contributed by atoms with Gasteiger partial charge in [0.05, 0.1) is 19.3 Å². The summed E-state index contributed by atoms with van der Waals surface area (Å²) in [5.41, 5.74) is 4.64. The van der Waals surface area contributed by atoms with Gasteiger partial charge in [0, 0.05) is 40.5 Å². The highest BCUT2D eigenvalue weighted by Gasteiger charge is 2.23. The molecule has 3 rings (SSSR count). The molecule has 1 fully saturated rings. The van der Waals surface area contributed by atoms with Crippen LogP contribution in [0.2, 0.25) is 0 Å². The van der Waals surface area contributed by atoms with E-state index in [1.807, 2.05) is 44.4 Å². The number of allylic oxidation sites excluding steroid dienone is 1. The molecule has 0 atom stereocenters. The van der Waals surface area contributed by atoms with Crippen LogP contribution in [0, 0.1) is 6.92 Å². The van der Waals surface area contributed by atoms with Crippen molar-refractivity contribution in [2.45, 2.75) is 33.8 Å². The number of esters is 1. The lowest BCUT2D eigenvalue weighted by Crippen LogP contribution is -2.35. The van der Waals surface area contributed by atoms with Crippen LogP contribution in [-0.4, -0.2) is 47.7 Å². The average Bonchev–Trinajstić information content (AvgIpc) is 2.95. The highest BCUT2D eigenvalue weighted by atomic mass is 79.9. The molecule has 5 nitrogen and oxygen atoms in total. The number of rotatable bonds is 4. The second kappa shape index (κ2) is 7.84. The lowest BCUT2D eigenvalue weighted by atomic mass is 10.0. The summed E-state index contributed by atoms with van der Waals surface area (Å²) in [4.78, 5) is 15.1. The zero-order valence-corrected chi connectivity index (χ0v) is 17.3. The number of fused-ring (bicyclic) bond motifs is 1. The Labute approximate surface area is 162 Å². The quantitative estimate of drug-likeness (QED) is 0.692. The first-order chi connectivity index (χ1) is 12.4. The van der Waals surface area contributed by atoms with Gasteiger partial charge in [0.25, 0.3) is 0 Å². The molecule has 2 aromatic heterocycles. The molecule has 0 spiro atoms. The number of nitrogens with zero attached hydrogens (tertiary/aromatic N) is 2. The molecule has 0 aromatic carbocycles. The van der Waals surface area contributed by atoms with Gasteiger partial charge >= 0.3 is 5.97 Å². The Morgan fingerprint density at radius 3 is 2.62 bits per heavy atom. The predicted molar refractivity (Wildman–Crippen MR) is 106 cm³/mol. The van der Waals surface area contributed by atoms with Crippen molar-refractivity contribution in [2.75, 3.05) is 26.3 Å². The van der Waals surface area contributed by atoms with Crippen LogP contribution in [0.15, 0.2) is 28.9 Å². The van der Waals surface area contributed by atoms with Crippen molar-refractivity contribution in [1.82, 2.24) is 9.30 Å². The number of pyridine rings is 1. The van der Waals surface area contributed by atoms with Gasteiger partial charge in [-0.3, -0.25) is 0 Å². The van der Waals surface area contributed by atoms with Gasteiger partial charge < -0.3 is 18.8 Å². The van der Waals surface area contributed by atoms with E-state index in [4.69, 9.17) is 9.47 Å². The standard InChI is InChI=1S/C20H25BrN2O3/c1-5-18(22-6-8-25-9-7-22)17-11-16-10-15(21)12-23(16)19(14(17)4)20(24)26-13(2)3/h5,10-13H,6-9H2,1-4H3/b18-5+. The van der Waals surface area contributed by atoms with Crippen LogP contribution in [0.4, 0.5) is 0 Å². The Balaban J connectivity index is 2.16. The second-order valence-electron chi connectivity index (χ2n) is 6.71. The Morgan fingerprint density at radius 1 is 1.31 bits per heavy atom. The molecule has 0 amide bonds. The minimum absolute atomic E-state index is 0.167. The number of carbonyl (C=O) groups excluding carboxylic acids is 1. The minimum Gasteiger partial charge on any atom is -0.458 e. The third-order valence-corrected chi connectivity index (χ3v) is 4.98. The maximum absolute atomic E-state index is 12.8. The summed E-state index contributed by atoms with van der Waals surface area (Å²) in [7, 11) is 0. The molecule has 0 aliphatic carbocycles. The van der Waals surface area contributed by atoms with Crippen molar-refractivity contribution in [3.63, 3.8) is 0 Å². The molecule has 6 heteroatoms. The molecular weight excluding hydrogens is 396 g/mol. The van der Waals surface area contributed by atoms with E-state index in [2.05, 4.69) is 33.0 Å². The summed E-state index contributed by atoms with van der Waals surface area (Å²) in [6, 6.07) is 4.15. The molecule has 1 aliphatic rings. The summed E-state index contributed by atoms with van der Waals surface area (Å²) < 4.78 is 13.8. The zero-order valence-electron chi connectivity index (χ0n) is 15.7. The molecule has 1 aliphatic heterocycles. The van der Waals surface area contributed by atoms with E-state index in [0.717, 1.165) is 53.1 Å². The molecule has 1 saturated heterocycles. The zero-order chi connectivity index (χ0) is 18.8. The second-order valence-corrected chi connectivity index (χ2v) is 7.63. The van der Waals surface area contributed by atoms with Gasteiger partial charge in [-0.15, -0.1) is 0 Å². The maximum atomic E-state index is 12.8. The van der Waals surface area contributed by atoms with Crippen molar-refractivity contribution in [1.29, 1.82) is 0 Å². The molecule has 0 bridgehead atoms. The van der Waals surface area contributed by atoms with Crippen molar-refractivity contribution in [3.8, 4) is 0 Å². The number of ether oxygens (including phenoxy) is 2. The molecule has 0 unspecified atom stereocenters. The van der Waals surface area contributed by atoms with Gasteiger partial charge in [-0.25, -0.2) is 4.79 Å². The lowest BCUT2D eigenvalue weighted by molar-refractivity contribution is 0.0368. The van der Waals surface area contributed by atoms with E-state index in [1.54, 1.807) is 0 Å². The van der Waals surface area contributed by atoms with Gasteiger partial charge in [-0.2, -0.15) is 0 Å². The van der Waals surface area contributed by atoms with E-state index in [-0.39, 0.29) is 12.1 Å². The minimum atomic E-state index is -0.301. The third kappa shape index (κ3) is 3.67. The van der Waals surface area contributed by atoms with Crippen molar-refractivity contribution in [2.24, 2.45) is 0 Å². The highest BCUT2D eigenvalue weighted by Crippen LogP contribution is 2.30. The monoisotopic (exact) mass is 420 g/mol. The van der Waals surface area contributed by atoms with Gasteiger partial charge in [-0.1, -0.05) is 6.08 Å². The van der Waals surface area contributed by atoms with Crippen LogP contribution >= 0.6 is 15.9 Å². The molecule has 140 valence electrons. The highest BCUT2D eigenvalue weighted by molar-refractivity contribution is 9.10. The van der Waals surface area contributed by atoms with Gasteiger partial charge in [0.1, 0.15) is 5.69 Å². The smallest absolute Gasteiger partial charge is 0.355 e. The normalized spacial score (nSPS) is 15.8. The molecular formula is C20H25BrN2O3. The summed E-state index contributed by atoms with van der Waals surface area (Å²) >= 11 is 3.52. The third-order valence-electron chi connectivity index (χ3n) is 4.55. The molecule has 0 radical (unpaired) electrons. The van der Waals surface area contributed by atoms with Crippen LogP contribution < -0.4 is 0 Å². The Kier molecular flexibility index (Phi) is 5.73. The summed E-state index contributed by atoms with van der Waals surface area (Å²) in [5, 5.41) is 0. The Bertz CT molecular complexity index is 848. The fourth-order valence-corrected chi connectivity index (χ4v) is 3.85. The molecule has 0 N–H and O–H groups in total. The number of hydrogen-bond donors (Lipinski definition) is 0. The van der Waals surface area contributed by atoms with Crippen molar-refractivity contribution < 1.29 is 14.3 Å². The molecule has 3 heterocycles. The van der Waals surface area contributed by atoms with Crippen molar-refractivity contribution >= 4 is 33.1 Å². The number of halogens is 1. The Morgan fingerprint density at radius 2 is 2.00 bits per heavy atom. The van der Waals surface area contributed by atoms with Crippen LogP contribution in [0.5, 0.6) is 0 Å². The molecule has 26 heavy (non-hydrogen) atoms. The fourth-order valence-electron chi connectivity index (χ4n) is 3.42. The number of aromatic nitrogens is 1. The first-order valence-corrected chi connectivity index (χ1v) is 9.73. The van der Waals surface area contributed by atoms with Crippen LogP contribution in [0.1, 0.15) is 42.4 Å². The topological polar surface area (TPSA) is 43.2 Å². The maximum Gasteiger partial charge on any atom is 0.355 e. The predicted octanol–water partition coefficient (Wildman–Crippen LogP) is 4.27. The first-order valence-electron chi connectivity index (χ1n) is 8.94. The lowest BCUT2D eigenvalue weighted by Gasteiger charge is -2.32. The SMILES string of the molecule is C/C=C(\c1cc2cc(Br)cn2c(C(=O)OC(C)C)c1C)N1CCOCC1. The van der Waals surface area contributed by atoms with Gasteiger partial charge in [-0.05, 0) is 61.3 Å². The average molecular weight is 421 g/mol. The summed E-state index contributed by atoms with van der Waals surface area (Å²) in [6.45, 7) is 10.9. The Hall–Kier alpha value is -1.79. The number of hydrogen-bond acceptors (Lipinski definition) is 4. The van der Waals surface area contributed by atoms with E-state index < -0.39 is 0 Å². The van der Waals surface area contributed by atoms with E-state index in [1.165, 1.54) is 0 Å². The van der Waals surface area contributed by atoms with E-state index in [9.17, 15) is 4.79 Å². The molecule has 2 aromatic rings. The number of carbonyl (C=O) groups is 1. The van der Waals surface area contributed by atoms with Crippen molar-refractivity contribution in [3.05, 3.63) is 45.7 Å². The van der Waals surface area contributed by atoms with Gasteiger partial charge in [0.15, 0.2) is 0 Å². The molecule has 0 saturated carbocycles. The summed E-state index contributed by atoms with van der Waals surface area (Å²) in [6.07, 6.45) is 3.85. The summed E-state index contributed by atoms with van der Waals surface area (Å²) in [5.74, 6) is -0.301.